The number of pyridine rings is 1. The van der Waals surface area contributed by atoms with Gasteiger partial charge in [0.15, 0.2) is 17.5 Å². The molecule has 0 atom stereocenters. The van der Waals surface area contributed by atoms with E-state index in [4.69, 9.17) is 10.5 Å². The van der Waals surface area contributed by atoms with E-state index < -0.39 is 17.3 Å². The monoisotopic (exact) mass is 441 g/mol. The summed E-state index contributed by atoms with van der Waals surface area (Å²) in [6, 6.07) is 3.87. The van der Waals surface area contributed by atoms with E-state index in [2.05, 4.69) is 25.6 Å². The Morgan fingerprint density at radius 3 is 2.50 bits per heavy atom. The summed E-state index contributed by atoms with van der Waals surface area (Å²) in [7, 11) is 5.53. The van der Waals surface area contributed by atoms with Crippen molar-refractivity contribution in [3.05, 3.63) is 48.4 Å². The molecule has 3 heterocycles. The van der Waals surface area contributed by atoms with Crippen molar-refractivity contribution in [3.63, 3.8) is 0 Å². The Bertz CT molecular complexity index is 1230. The zero-order chi connectivity index (χ0) is 22.8. The first kappa shape index (κ1) is 21.3. The summed E-state index contributed by atoms with van der Waals surface area (Å²) >= 11 is 0. The lowest BCUT2D eigenvalue weighted by atomic mass is 10.1. The molecular formula is C20H21F2N9O. The van der Waals surface area contributed by atoms with Crippen LogP contribution in [0.4, 0.5) is 14.6 Å². The highest BCUT2D eigenvalue weighted by atomic mass is 19.1. The third kappa shape index (κ3) is 4.25. The van der Waals surface area contributed by atoms with Crippen LogP contribution in [0.5, 0.6) is 5.75 Å². The predicted molar refractivity (Wildman–Crippen MR) is 113 cm³/mol. The van der Waals surface area contributed by atoms with Gasteiger partial charge in [0, 0.05) is 49.2 Å². The van der Waals surface area contributed by atoms with Crippen molar-refractivity contribution < 1.29 is 13.5 Å². The first-order chi connectivity index (χ1) is 15.3. The van der Waals surface area contributed by atoms with Gasteiger partial charge in [0.1, 0.15) is 23.9 Å². The van der Waals surface area contributed by atoms with Crippen LogP contribution in [0.25, 0.3) is 28.2 Å². The third-order valence-corrected chi connectivity index (χ3v) is 4.68. The van der Waals surface area contributed by atoms with Gasteiger partial charge in [-0.3, -0.25) is 4.68 Å². The summed E-state index contributed by atoms with van der Waals surface area (Å²) in [5.74, 6) is -1.54. The SMILES string of the molecule is CN(C)CCOc1cc(F)c(-n2nnnc2-c2cc(-c3cnn(C)c3)cnc2N)c(F)c1. The van der Waals surface area contributed by atoms with Crippen molar-refractivity contribution in [2.24, 2.45) is 7.05 Å². The molecule has 0 unspecified atom stereocenters. The maximum atomic E-state index is 14.9. The summed E-state index contributed by atoms with van der Waals surface area (Å²) in [5.41, 5.74) is 7.40. The van der Waals surface area contributed by atoms with Crippen LogP contribution in [0.3, 0.4) is 0 Å². The topological polar surface area (TPSA) is 113 Å². The molecule has 0 amide bonds. The minimum absolute atomic E-state index is 0.0415. The van der Waals surface area contributed by atoms with Crippen molar-refractivity contribution in [2.45, 2.75) is 0 Å². The first-order valence-electron chi connectivity index (χ1n) is 9.63. The molecule has 0 saturated heterocycles. The Balaban J connectivity index is 1.72. The molecule has 0 spiro atoms. The summed E-state index contributed by atoms with van der Waals surface area (Å²) in [4.78, 5) is 6.08. The van der Waals surface area contributed by atoms with E-state index in [9.17, 15) is 8.78 Å². The molecule has 0 aliphatic heterocycles. The van der Waals surface area contributed by atoms with E-state index in [1.165, 1.54) is 0 Å². The van der Waals surface area contributed by atoms with Gasteiger partial charge in [0.05, 0.1) is 11.8 Å². The highest BCUT2D eigenvalue weighted by molar-refractivity contribution is 5.76. The quantitative estimate of drug-likeness (QED) is 0.463. The van der Waals surface area contributed by atoms with Gasteiger partial charge in [-0.05, 0) is 30.6 Å². The van der Waals surface area contributed by atoms with Crippen LogP contribution in [-0.4, -0.2) is 67.1 Å². The fourth-order valence-electron chi connectivity index (χ4n) is 3.06. The van der Waals surface area contributed by atoms with Gasteiger partial charge in [-0.1, -0.05) is 0 Å². The zero-order valence-corrected chi connectivity index (χ0v) is 17.7. The van der Waals surface area contributed by atoms with Crippen LogP contribution in [0.1, 0.15) is 0 Å². The number of aromatic nitrogens is 7. The number of ether oxygens (including phenoxy) is 1. The Kier molecular flexibility index (Phi) is 5.77. The molecular weight excluding hydrogens is 420 g/mol. The normalized spacial score (nSPS) is 11.3. The number of nitrogens with two attached hydrogens (primary N) is 1. The van der Waals surface area contributed by atoms with E-state index in [-0.39, 0.29) is 24.0 Å². The number of rotatable bonds is 7. The number of aryl methyl sites for hydroxylation is 1. The number of benzene rings is 1. The summed E-state index contributed by atoms with van der Waals surface area (Å²) in [6.45, 7) is 0.881. The largest absolute Gasteiger partial charge is 0.492 e. The molecule has 0 radical (unpaired) electrons. The Labute approximate surface area is 182 Å². The van der Waals surface area contributed by atoms with Gasteiger partial charge in [-0.15, -0.1) is 5.10 Å². The maximum absolute atomic E-state index is 14.9. The number of hydrogen-bond acceptors (Lipinski definition) is 8. The third-order valence-electron chi connectivity index (χ3n) is 4.68. The van der Waals surface area contributed by atoms with Crippen LogP contribution in [-0.2, 0) is 7.05 Å². The van der Waals surface area contributed by atoms with Crippen molar-refractivity contribution in [3.8, 4) is 34.0 Å². The van der Waals surface area contributed by atoms with Crippen molar-refractivity contribution in [2.75, 3.05) is 33.0 Å². The van der Waals surface area contributed by atoms with E-state index in [1.807, 2.05) is 19.0 Å². The highest BCUT2D eigenvalue weighted by Gasteiger charge is 2.22. The second kappa shape index (κ2) is 8.67. The van der Waals surface area contributed by atoms with Gasteiger partial charge in [-0.2, -0.15) is 9.78 Å². The number of likely N-dealkylation sites (N-methyl/N-ethyl adjacent to an activating group) is 1. The second-order valence-electron chi connectivity index (χ2n) is 7.36. The standard InChI is InChI=1S/C20H21F2N9O/c1-29(2)4-5-32-14-7-16(21)18(17(22)8-14)31-20(26-27-28-31)15-6-12(9-24-19(15)23)13-10-25-30(3)11-13/h6-11H,4-5H2,1-3H3,(H2,23,24). The lowest BCUT2D eigenvalue weighted by Crippen LogP contribution is -2.19. The van der Waals surface area contributed by atoms with E-state index in [1.54, 1.807) is 36.4 Å². The van der Waals surface area contributed by atoms with Gasteiger partial charge >= 0.3 is 0 Å². The average Bonchev–Trinajstić information content (AvgIpc) is 3.37. The van der Waals surface area contributed by atoms with Crippen LogP contribution < -0.4 is 10.5 Å². The molecule has 0 aliphatic rings. The number of hydrogen-bond donors (Lipinski definition) is 1. The van der Waals surface area contributed by atoms with Crippen molar-refractivity contribution in [1.82, 2.24) is 39.9 Å². The predicted octanol–water partition coefficient (Wildman–Crippen LogP) is 1.93. The number of tetrazole rings is 1. The molecule has 0 bridgehead atoms. The zero-order valence-electron chi connectivity index (χ0n) is 17.7. The molecule has 3 aromatic heterocycles. The summed E-state index contributed by atoms with van der Waals surface area (Å²) in [5, 5.41) is 15.4. The minimum Gasteiger partial charge on any atom is -0.492 e. The van der Waals surface area contributed by atoms with Gasteiger partial charge < -0.3 is 15.4 Å². The van der Waals surface area contributed by atoms with Crippen LogP contribution in [0.15, 0.2) is 36.8 Å². The molecule has 32 heavy (non-hydrogen) atoms. The van der Waals surface area contributed by atoms with Gasteiger partial charge in [-0.25, -0.2) is 13.8 Å². The molecule has 1 aromatic carbocycles. The lowest BCUT2D eigenvalue weighted by Gasteiger charge is -2.13. The van der Waals surface area contributed by atoms with E-state index in [0.717, 1.165) is 22.4 Å². The molecule has 4 rings (SSSR count). The van der Waals surface area contributed by atoms with Crippen molar-refractivity contribution in [1.29, 1.82) is 0 Å². The lowest BCUT2D eigenvalue weighted by molar-refractivity contribution is 0.259. The molecule has 10 nitrogen and oxygen atoms in total. The number of nitrogen functional groups attached to an aromatic ring is 1. The van der Waals surface area contributed by atoms with Gasteiger partial charge in [0.25, 0.3) is 0 Å². The molecule has 2 N–H and O–H groups in total. The molecule has 166 valence electrons. The molecule has 12 heteroatoms. The Morgan fingerprint density at radius 1 is 1.09 bits per heavy atom. The highest BCUT2D eigenvalue weighted by Crippen LogP contribution is 2.31. The van der Waals surface area contributed by atoms with E-state index in [0.29, 0.717) is 17.7 Å². The number of halogens is 2. The second-order valence-corrected chi connectivity index (χ2v) is 7.36. The first-order valence-corrected chi connectivity index (χ1v) is 9.63. The Morgan fingerprint density at radius 2 is 1.84 bits per heavy atom. The Hall–Kier alpha value is -3.93. The van der Waals surface area contributed by atoms with Crippen LogP contribution in [0.2, 0.25) is 0 Å². The van der Waals surface area contributed by atoms with Crippen molar-refractivity contribution >= 4 is 5.82 Å². The fourth-order valence-corrected chi connectivity index (χ4v) is 3.06. The molecule has 4 aromatic rings. The minimum atomic E-state index is -0.881. The fraction of sp³-hybridized carbons (Fsp3) is 0.250. The van der Waals surface area contributed by atoms with Crippen LogP contribution >= 0.6 is 0 Å². The summed E-state index contributed by atoms with van der Waals surface area (Å²) < 4.78 is 37.8. The number of nitrogens with zero attached hydrogens (tertiary/aromatic N) is 8. The molecule has 0 fully saturated rings. The van der Waals surface area contributed by atoms with Gasteiger partial charge in [0.2, 0.25) is 0 Å². The van der Waals surface area contributed by atoms with E-state index >= 15 is 0 Å². The smallest absolute Gasteiger partial charge is 0.191 e. The average molecular weight is 441 g/mol. The molecule has 0 saturated carbocycles. The number of anilines is 1. The van der Waals surface area contributed by atoms with Crippen LogP contribution in [0, 0.1) is 11.6 Å². The summed E-state index contributed by atoms with van der Waals surface area (Å²) in [6.07, 6.45) is 5.04. The molecule has 0 aliphatic carbocycles. The maximum Gasteiger partial charge on any atom is 0.191 e.